The molecule has 0 saturated carbocycles. The van der Waals surface area contributed by atoms with Crippen LogP contribution in [0.4, 0.5) is 0 Å². The Kier molecular flexibility index (Phi) is 3.05. The van der Waals surface area contributed by atoms with E-state index in [2.05, 4.69) is 4.98 Å². The van der Waals surface area contributed by atoms with E-state index >= 15 is 0 Å². The van der Waals surface area contributed by atoms with Crippen LogP contribution in [-0.4, -0.2) is 16.1 Å². The van der Waals surface area contributed by atoms with Gasteiger partial charge in [-0.3, -0.25) is 0 Å². The van der Waals surface area contributed by atoms with E-state index in [1.54, 1.807) is 18.4 Å². The van der Waals surface area contributed by atoms with E-state index in [4.69, 9.17) is 9.52 Å². The van der Waals surface area contributed by atoms with Gasteiger partial charge < -0.3 is 9.52 Å². The van der Waals surface area contributed by atoms with E-state index in [-0.39, 0.29) is 5.69 Å². The third-order valence-electron chi connectivity index (χ3n) is 2.11. The van der Waals surface area contributed by atoms with Gasteiger partial charge in [-0.25, -0.2) is 9.78 Å². The van der Waals surface area contributed by atoms with Crippen LogP contribution in [0.5, 0.6) is 0 Å². The van der Waals surface area contributed by atoms with Gasteiger partial charge in [-0.1, -0.05) is 13.3 Å². The molecule has 0 amide bonds. The number of furan rings is 1. The summed E-state index contributed by atoms with van der Waals surface area (Å²) in [5.41, 5.74) is 0.151. The summed E-state index contributed by atoms with van der Waals surface area (Å²) >= 11 is 1.38. The zero-order chi connectivity index (χ0) is 11.5. The first-order valence-electron chi connectivity index (χ1n) is 4.99. The van der Waals surface area contributed by atoms with E-state index < -0.39 is 5.97 Å². The smallest absolute Gasteiger partial charge is 0.355 e. The second-order valence-electron chi connectivity index (χ2n) is 3.32. The number of carbonyl (C=O) groups is 1. The number of aryl methyl sites for hydroxylation is 1. The minimum atomic E-state index is -0.975. The third-order valence-corrected chi connectivity index (χ3v) is 3.24. The van der Waals surface area contributed by atoms with Crippen molar-refractivity contribution in [2.24, 2.45) is 0 Å². The fraction of sp³-hybridized carbons (Fsp3) is 0.273. The van der Waals surface area contributed by atoms with Crippen LogP contribution in [0.15, 0.2) is 22.8 Å². The summed E-state index contributed by atoms with van der Waals surface area (Å²) in [4.78, 5) is 15.9. The molecule has 0 unspecified atom stereocenters. The Morgan fingerprint density at radius 2 is 2.44 bits per heavy atom. The Hall–Kier alpha value is -1.62. The molecule has 2 aromatic heterocycles. The zero-order valence-electron chi connectivity index (χ0n) is 8.77. The van der Waals surface area contributed by atoms with Crippen LogP contribution in [0, 0.1) is 0 Å². The van der Waals surface area contributed by atoms with Crippen LogP contribution < -0.4 is 0 Å². The number of carboxylic acid groups (broad SMARTS) is 1. The normalized spacial score (nSPS) is 10.6. The molecule has 84 valence electrons. The number of hydrogen-bond donors (Lipinski definition) is 1. The van der Waals surface area contributed by atoms with Crippen LogP contribution in [0.2, 0.25) is 0 Å². The van der Waals surface area contributed by atoms with Crippen molar-refractivity contribution in [2.75, 3.05) is 0 Å². The van der Waals surface area contributed by atoms with Gasteiger partial charge in [0.2, 0.25) is 0 Å². The molecule has 0 spiro atoms. The number of aromatic nitrogens is 1. The van der Waals surface area contributed by atoms with Crippen molar-refractivity contribution >= 4 is 17.3 Å². The van der Waals surface area contributed by atoms with Crippen molar-refractivity contribution in [3.63, 3.8) is 0 Å². The van der Waals surface area contributed by atoms with Gasteiger partial charge in [0, 0.05) is 4.88 Å². The Labute approximate surface area is 96.6 Å². The topological polar surface area (TPSA) is 63.3 Å². The van der Waals surface area contributed by atoms with Crippen molar-refractivity contribution in [3.8, 4) is 10.8 Å². The fourth-order valence-corrected chi connectivity index (χ4v) is 2.54. The molecule has 0 aliphatic carbocycles. The van der Waals surface area contributed by atoms with Crippen molar-refractivity contribution in [2.45, 2.75) is 19.8 Å². The quantitative estimate of drug-likeness (QED) is 0.887. The van der Waals surface area contributed by atoms with E-state index in [0.29, 0.717) is 10.8 Å². The van der Waals surface area contributed by atoms with Gasteiger partial charge in [-0.05, 0) is 18.6 Å². The first-order valence-corrected chi connectivity index (χ1v) is 5.81. The number of nitrogens with zero attached hydrogens (tertiary/aromatic N) is 1. The molecule has 5 heteroatoms. The predicted molar refractivity (Wildman–Crippen MR) is 60.8 cm³/mol. The Balaban J connectivity index is 2.42. The standard InChI is InChI=1S/C11H11NO3S/c1-2-4-8-9(11(13)14)12-10(16-8)7-5-3-6-15-7/h3,5-6H,2,4H2,1H3,(H,13,14). The molecular formula is C11H11NO3S. The zero-order valence-corrected chi connectivity index (χ0v) is 9.58. The lowest BCUT2D eigenvalue weighted by atomic mass is 10.2. The highest BCUT2D eigenvalue weighted by Crippen LogP contribution is 2.29. The summed E-state index contributed by atoms with van der Waals surface area (Å²) < 4.78 is 5.20. The van der Waals surface area contributed by atoms with Gasteiger partial charge in [0.25, 0.3) is 0 Å². The highest BCUT2D eigenvalue weighted by atomic mass is 32.1. The molecule has 0 bridgehead atoms. The minimum Gasteiger partial charge on any atom is -0.476 e. The van der Waals surface area contributed by atoms with Crippen LogP contribution in [0.1, 0.15) is 28.7 Å². The summed E-state index contributed by atoms with van der Waals surface area (Å²) in [7, 11) is 0. The molecule has 2 heterocycles. The maximum absolute atomic E-state index is 11.0. The first kappa shape index (κ1) is 10.9. The fourth-order valence-electron chi connectivity index (χ4n) is 1.42. The Bertz CT molecular complexity index is 487. The van der Waals surface area contributed by atoms with Gasteiger partial charge in [-0.15, -0.1) is 11.3 Å². The molecule has 16 heavy (non-hydrogen) atoms. The average molecular weight is 237 g/mol. The largest absolute Gasteiger partial charge is 0.476 e. The second-order valence-corrected chi connectivity index (χ2v) is 4.41. The van der Waals surface area contributed by atoms with Crippen LogP contribution in [-0.2, 0) is 6.42 Å². The van der Waals surface area contributed by atoms with Gasteiger partial charge >= 0.3 is 5.97 Å². The van der Waals surface area contributed by atoms with Crippen LogP contribution in [0.3, 0.4) is 0 Å². The van der Waals surface area contributed by atoms with Crippen molar-refractivity contribution in [3.05, 3.63) is 29.0 Å². The molecule has 1 N–H and O–H groups in total. The molecule has 0 aromatic carbocycles. The second kappa shape index (κ2) is 4.49. The monoisotopic (exact) mass is 237 g/mol. The SMILES string of the molecule is CCCc1sc(-c2ccco2)nc1C(=O)O. The first-order chi connectivity index (χ1) is 7.72. The van der Waals surface area contributed by atoms with E-state index in [9.17, 15) is 4.79 Å². The average Bonchev–Trinajstić information content (AvgIpc) is 2.83. The summed E-state index contributed by atoms with van der Waals surface area (Å²) in [6, 6.07) is 3.54. The molecule has 2 aromatic rings. The van der Waals surface area contributed by atoms with Crippen molar-refractivity contribution in [1.82, 2.24) is 4.98 Å². The lowest BCUT2D eigenvalue weighted by Crippen LogP contribution is -2.00. The van der Waals surface area contributed by atoms with Crippen molar-refractivity contribution in [1.29, 1.82) is 0 Å². The Morgan fingerprint density at radius 1 is 1.62 bits per heavy atom. The summed E-state index contributed by atoms with van der Waals surface area (Å²) in [5.74, 6) is -0.354. The van der Waals surface area contributed by atoms with Gasteiger partial charge in [0.1, 0.15) is 0 Å². The third kappa shape index (κ3) is 1.99. The lowest BCUT2D eigenvalue weighted by Gasteiger charge is -1.92. The van der Waals surface area contributed by atoms with Crippen molar-refractivity contribution < 1.29 is 14.3 Å². The number of thiazole rings is 1. The molecule has 0 saturated heterocycles. The predicted octanol–water partition coefficient (Wildman–Crippen LogP) is 3.05. The molecular weight excluding hydrogens is 226 g/mol. The number of rotatable bonds is 4. The minimum absolute atomic E-state index is 0.151. The highest BCUT2D eigenvalue weighted by Gasteiger charge is 2.18. The lowest BCUT2D eigenvalue weighted by molar-refractivity contribution is 0.0690. The van der Waals surface area contributed by atoms with Gasteiger partial charge in [0.05, 0.1) is 6.26 Å². The van der Waals surface area contributed by atoms with E-state index in [1.165, 1.54) is 11.3 Å². The molecule has 2 rings (SSSR count). The molecule has 0 aliphatic heterocycles. The van der Waals surface area contributed by atoms with Gasteiger partial charge in [0.15, 0.2) is 16.5 Å². The number of carboxylic acids is 1. The summed E-state index contributed by atoms with van der Waals surface area (Å²) in [6.45, 7) is 2.01. The highest BCUT2D eigenvalue weighted by molar-refractivity contribution is 7.15. The molecule has 4 nitrogen and oxygen atoms in total. The molecule has 0 atom stereocenters. The van der Waals surface area contributed by atoms with Crippen LogP contribution >= 0.6 is 11.3 Å². The maximum Gasteiger partial charge on any atom is 0.355 e. The number of hydrogen-bond acceptors (Lipinski definition) is 4. The van der Waals surface area contributed by atoms with E-state index in [1.807, 2.05) is 6.92 Å². The van der Waals surface area contributed by atoms with Crippen LogP contribution in [0.25, 0.3) is 10.8 Å². The van der Waals surface area contributed by atoms with Gasteiger partial charge in [-0.2, -0.15) is 0 Å². The van der Waals surface area contributed by atoms with E-state index in [0.717, 1.165) is 17.7 Å². The molecule has 0 radical (unpaired) electrons. The summed E-state index contributed by atoms with van der Waals surface area (Å²) in [6.07, 6.45) is 3.19. The maximum atomic E-state index is 11.0. The summed E-state index contributed by atoms with van der Waals surface area (Å²) in [5, 5.41) is 9.65. The molecule has 0 fully saturated rings. The Morgan fingerprint density at radius 3 is 3.00 bits per heavy atom. The molecule has 0 aliphatic rings. The number of aromatic carboxylic acids is 1.